The molecule has 7 nitrogen and oxygen atoms in total. The van der Waals surface area contributed by atoms with Crippen LogP contribution in [0, 0.1) is 0 Å². The summed E-state index contributed by atoms with van der Waals surface area (Å²) < 4.78 is 18.4. The number of pyridine rings is 1. The smallest absolute Gasteiger partial charge is 0.341 e. The van der Waals surface area contributed by atoms with Crippen molar-refractivity contribution >= 4 is 17.3 Å². The molecule has 0 saturated carbocycles. The van der Waals surface area contributed by atoms with Crippen LogP contribution in [0.25, 0.3) is 11.3 Å². The fourth-order valence-corrected chi connectivity index (χ4v) is 4.79. The Labute approximate surface area is 183 Å². The lowest BCUT2D eigenvalue weighted by molar-refractivity contribution is 0.0695. The second-order valence-corrected chi connectivity index (χ2v) is 8.19. The molecular weight excluding hydrogens is 418 g/mol. The van der Waals surface area contributed by atoms with Gasteiger partial charge in [0.15, 0.2) is 16.9 Å². The van der Waals surface area contributed by atoms with Gasteiger partial charge in [-0.3, -0.25) is 4.79 Å². The molecule has 0 radical (unpaired) electrons. The Bertz CT molecular complexity index is 1150. The Hall–Kier alpha value is -3.10. The summed E-state index contributed by atoms with van der Waals surface area (Å²) in [4.78, 5) is 25.6. The van der Waals surface area contributed by atoms with Gasteiger partial charge in [0.1, 0.15) is 5.56 Å². The average Bonchev–Trinajstić information content (AvgIpc) is 3.30. The highest BCUT2D eigenvalue weighted by Gasteiger charge is 2.31. The van der Waals surface area contributed by atoms with Gasteiger partial charge in [-0.25, -0.2) is 4.79 Å². The summed E-state index contributed by atoms with van der Waals surface area (Å²) in [6.07, 6.45) is 3.05. The van der Waals surface area contributed by atoms with Crippen molar-refractivity contribution in [2.75, 3.05) is 27.4 Å². The van der Waals surface area contributed by atoms with Crippen LogP contribution in [0.1, 0.15) is 33.3 Å². The summed E-state index contributed by atoms with van der Waals surface area (Å²) in [7, 11) is 3.18. The molecule has 1 aliphatic rings. The molecule has 0 aliphatic carbocycles. The first-order chi connectivity index (χ1) is 15.0. The van der Waals surface area contributed by atoms with Gasteiger partial charge in [0.05, 0.1) is 25.5 Å². The molecule has 8 heteroatoms. The highest BCUT2D eigenvalue weighted by molar-refractivity contribution is 7.10. The fourth-order valence-electron chi connectivity index (χ4n) is 3.97. The number of ether oxygens (including phenoxy) is 3. The van der Waals surface area contributed by atoms with E-state index in [4.69, 9.17) is 14.2 Å². The number of hydrogen-bond donors (Lipinski definition) is 1. The van der Waals surface area contributed by atoms with E-state index in [2.05, 4.69) is 0 Å². The van der Waals surface area contributed by atoms with Crippen molar-refractivity contribution < 1.29 is 24.1 Å². The minimum absolute atomic E-state index is 0.115. The molecule has 1 unspecified atom stereocenters. The number of nitrogens with zero attached hydrogens (tertiary/aromatic N) is 1. The van der Waals surface area contributed by atoms with Gasteiger partial charge in [-0.1, -0.05) is 6.07 Å². The lowest BCUT2D eigenvalue weighted by atomic mass is 9.89. The van der Waals surface area contributed by atoms with Crippen LogP contribution in [0.4, 0.5) is 0 Å². The van der Waals surface area contributed by atoms with Crippen LogP contribution >= 0.6 is 11.3 Å². The SMILES string of the molecule is COCCCOc1cc2c(cc1OC)-c1c(C(=O)O)c(=O)ccn1C(c1cccs1)C2. The third-order valence-corrected chi connectivity index (χ3v) is 6.33. The predicted molar refractivity (Wildman–Crippen MR) is 118 cm³/mol. The van der Waals surface area contributed by atoms with E-state index in [1.54, 1.807) is 30.7 Å². The van der Waals surface area contributed by atoms with Gasteiger partial charge >= 0.3 is 5.97 Å². The maximum atomic E-state index is 12.5. The van der Waals surface area contributed by atoms with Gasteiger partial charge in [0.2, 0.25) is 0 Å². The second kappa shape index (κ2) is 8.95. The van der Waals surface area contributed by atoms with Gasteiger partial charge < -0.3 is 23.9 Å². The van der Waals surface area contributed by atoms with Gasteiger partial charge in [-0.15, -0.1) is 11.3 Å². The molecule has 1 aromatic carbocycles. The first kappa shape index (κ1) is 21.1. The summed E-state index contributed by atoms with van der Waals surface area (Å²) in [5.74, 6) is -0.165. The predicted octanol–water partition coefficient (Wildman–Crippen LogP) is 3.84. The lowest BCUT2D eigenvalue weighted by Crippen LogP contribution is -2.27. The van der Waals surface area contributed by atoms with E-state index >= 15 is 0 Å². The van der Waals surface area contributed by atoms with Crippen LogP contribution in [0.2, 0.25) is 0 Å². The van der Waals surface area contributed by atoms with Gasteiger partial charge in [-0.05, 0) is 35.6 Å². The average molecular weight is 442 g/mol. The van der Waals surface area contributed by atoms with Crippen LogP contribution < -0.4 is 14.9 Å². The third kappa shape index (κ3) is 3.96. The zero-order valence-corrected chi connectivity index (χ0v) is 18.1. The second-order valence-electron chi connectivity index (χ2n) is 7.21. The summed E-state index contributed by atoms with van der Waals surface area (Å²) in [5.41, 5.74) is 1.22. The Morgan fingerprint density at radius 3 is 2.74 bits per heavy atom. The Kier molecular flexibility index (Phi) is 6.11. The molecule has 1 N–H and O–H groups in total. The van der Waals surface area contributed by atoms with Crippen LogP contribution in [-0.2, 0) is 11.2 Å². The number of fused-ring (bicyclic) bond motifs is 3. The Balaban J connectivity index is 1.89. The summed E-state index contributed by atoms with van der Waals surface area (Å²) in [6, 6.07) is 8.86. The highest BCUT2D eigenvalue weighted by Crippen LogP contribution is 2.44. The molecule has 1 atom stereocenters. The van der Waals surface area contributed by atoms with Crippen molar-refractivity contribution in [3.63, 3.8) is 0 Å². The molecule has 3 heterocycles. The maximum absolute atomic E-state index is 12.5. The molecule has 0 fully saturated rings. The first-order valence-electron chi connectivity index (χ1n) is 9.90. The maximum Gasteiger partial charge on any atom is 0.341 e. The van der Waals surface area contributed by atoms with E-state index < -0.39 is 11.4 Å². The monoisotopic (exact) mass is 441 g/mol. The molecule has 0 spiro atoms. The lowest BCUT2D eigenvalue weighted by Gasteiger charge is -2.31. The quantitative estimate of drug-likeness (QED) is 0.535. The molecule has 0 bridgehead atoms. The minimum Gasteiger partial charge on any atom is -0.493 e. The normalized spacial score (nSPS) is 14.6. The molecule has 31 heavy (non-hydrogen) atoms. The number of rotatable bonds is 8. The number of aromatic nitrogens is 1. The first-order valence-corrected chi connectivity index (χ1v) is 10.8. The number of methoxy groups -OCH3 is 2. The Morgan fingerprint density at radius 1 is 1.23 bits per heavy atom. The summed E-state index contributed by atoms with van der Waals surface area (Å²) in [6.45, 7) is 1.06. The van der Waals surface area contributed by atoms with E-state index in [0.717, 1.165) is 16.9 Å². The molecule has 162 valence electrons. The molecule has 3 aromatic rings. The van der Waals surface area contributed by atoms with E-state index in [1.165, 1.54) is 13.2 Å². The van der Waals surface area contributed by atoms with Crippen molar-refractivity contribution in [2.24, 2.45) is 0 Å². The third-order valence-electron chi connectivity index (χ3n) is 5.36. The molecule has 1 aliphatic heterocycles. The molecule has 0 saturated heterocycles. The highest BCUT2D eigenvalue weighted by atomic mass is 32.1. The minimum atomic E-state index is -1.24. The van der Waals surface area contributed by atoms with Crippen LogP contribution in [-0.4, -0.2) is 43.1 Å². The van der Waals surface area contributed by atoms with Crippen molar-refractivity contribution in [3.05, 3.63) is 68.1 Å². The van der Waals surface area contributed by atoms with E-state index in [1.807, 2.05) is 28.1 Å². The molecule has 2 aromatic heterocycles. The number of thiophene rings is 1. The fraction of sp³-hybridized carbons (Fsp3) is 0.304. The number of aromatic carboxylic acids is 1. The van der Waals surface area contributed by atoms with Crippen molar-refractivity contribution in [2.45, 2.75) is 18.9 Å². The molecule has 0 amide bonds. The number of benzene rings is 1. The number of carboxylic acid groups (broad SMARTS) is 1. The Morgan fingerprint density at radius 2 is 2.06 bits per heavy atom. The van der Waals surface area contributed by atoms with Crippen LogP contribution in [0.5, 0.6) is 11.5 Å². The topological polar surface area (TPSA) is 87.0 Å². The standard InChI is InChI=1S/C23H23NO6S/c1-28-8-4-9-30-19-12-14-11-16(20-5-3-10-31-20)24-7-6-17(25)21(23(26)27)22(24)15(14)13-18(19)29-2/h3,5-7,10,12-13,16H,4,8-9,11H2,1-2H3,(H,26,27). The van der Waals surface area contributed by atoms with Crippen molar-refractivity contribution in [1.82, 2.24) is 4.57 Å². The van der Waals surface area contributed by atoms with E-state index in [0.29, 0.717) is 42.4 Å². The summed E-state index contributed by atoms with van der Waals surface area (Å²) in [5, 5.41) is 11.8. The van der Waals surface area contributed by atoms with E-state index in [-0.39, 0.29) is 11.6 Å². The molecule has 4 rings (SSSR count). The van der Waals surface area contributed by atoms with Crippen LogP contribution in [0.3, 0.4) is 0 Å². The number of carbonyl (C=O) groups is 1. The van der Waals surface area contributed by atoms with Crippen molar-refractivity contribution in [1.29, 1.82) is 0 Å². The summed E-state index contributed by atoms with van der Waals surface area (Å²) >= 11 is 1.60. The van der Waals surface area contributed by atoms with Gasteiger partial charge in [0.25, 0.3) is 0 Å². The van der Waals surface area contributed by atoms with Gasteiger partial charge in [0, 0.05) is 42.8 Å². The largest absolute Gasteiger partial charge is 0.493 e. The zero-order valence-electron chi connectivity index (χ0n) is 17.3. The van der Waals surface area contributed by atoms with Crippen molar-refractivity contribution in [3.8, 4) is 22.8 Å². The zero-order chi connectivity index (χ0) is 22.0. The van der Waals surface area contributed by atoms with Crippen LogP contribution in [0.15, 0.2) is 46.7 Å². The molecular formula is C23H23NO6S. The van der Waals surface area contributed by atoms with Gasteiger partial charge in [-0.2, -0.15) is 0 Å². The number of carboxylic acids is 1. The number of hydrogen-bond acceptors (Lipinski definition) is 6. The van der Waals surface area contributed by atoms with E-state index in [9.17, 15) is 14.7 Å².